The van der Waals surface area contributed by atoms with Crippen LogP contribution in [-0.4, -0.2) is 17.1 Å². The molecule has 1 aromatic carbocycles. The fourth-order valence-corrected chi connectivity index (χ4v) is 4.17. The number of carboxylic acid groups (broad SMARTS) is 1. The molecule has 3 nitrogen and oxygen atoms in total. The number of fused-ring (bicyclic) bond motifs is 2. The quantitative estimate of drug-likeness (QED) is 0.897. The molecular weight excluding hydrogens is 286 g/mol. The lowest BCUT2D eigenvalue weighted by atomic mass is 9.45. The van der Waals surface area contributed by atoms with Gasteiger partial charge in [0.05, 0.1) is 5.92 Å². The van der Waals surface area contributed by atoms with Crippen molar-refractivity contribution in [1.82, 2.24) is 5.32 Å². The Hall–Kier alpha value is -1.06. The van der Waals surface area contributed by atoms with Gasteiger partial charge in [-0.25, -0.2) is 0 Å². The molecule has 3 aliphatic rings. The first kappa shape index (κ1) is 16.3. The maximum atomic E-state index is 11.5. The van der Waals surface area contributed by atoms with Crippen molar-refractivity contribution in [3.8, 4) is 0 Å². The lowest BCUT2D eigenvalue weighted by Crippen LogP contribution is -2.63. The molecule has 2 bridgehead atoms. The molecule has 0 aromatic heterocycles. The zero-order chi connectivity index (χ0) is 14.3. The Balaban J connectivity index is 0.00000161. The summed E-state index contributed by atoms with van der Waals surface area (Å²) in [6.07, 6.45) is 2.01. The molecule has 2 N–H and O–H groups in total. The molecule has 0 unspecified atom stereocenters. The van der Waals surface area contributed by atoms with Crippen molar-refractivity contribution >= 4 is 18.4 Å². The van der Waals surface area contributed by atoms with Gasteiger partial charge in [-0.1, -0.05) is 44.2 Å². The van der Waals surface area contributed by atoms with Gasteiger partial charge in [-0.05, 0) is 35.7 Å². The molecule has 4 heteroatoms. The molecule has 3 aliphatic carbocycles. The summed E-state index contributed by atoms with van der Waals surface area (Å²) in [7, 11) is 0. The van der Waals surface area contributed by atoms with Crippen LogP contribution in [0.4, 0.5) is 0 Å². The fraction of sp³-hybridized carbons (Fsp3) is 0.588. The van der Waals surface area contributed by atoms with E-state index in [0.717, 1.165) is 13.0 Å². The van der Waals surface area contributed by atoms with Crippen molar-refractivity contribution in [1.29, 1.82) is 0 Å². The van der Waals surface area contributed by atoms with Crippen LogP contribution in [0.5, 0.6) is 0 Å². The summed E-state index contributed by atoms with van der Waals surface area (Å²) in [5.74, 6) is 0.214. The Morgan fingerprint density at radius 2 is 1.95 bits per heavy atom. The van der Waals surface area contributed by atoms with E-state index in [1.807, 2.05) is 18.2 Å². The lowest BCUT2D eigenvalue weighted by molar-refractivity contribution is -0.162. The molecular formula is C17H24ClNO2. The number of benzene rings is 1. The highest BCUT2D eigenvalue weighted by Gasteiger charge is 2.59. The average Bonchev–Trinajstić information content (AvgIpc) is 2.45. The molecule has 0 heterocycles. The third-order valence-electron chi connectivity index (χ3n) is 5.65. The first-order valence-corrected chi connectivity index (χ1v) is 7.50. The van der Waals surface area contributed by atoms with Gasteiger partial charge in [-0.2, -0.15) is 0 Å². The minimum absolute atomic E-state index is 0. The summed E-state index contributed by atoms with van der Waals surface area (Å²) in [5, 5.41) is 13.0. The SMILES string of the molecule is CC1(C)[C@H]2C[C@@H](C(=O)O)[C@H](NCc3ccccc3)[C@@H]1C2.Cl. The Morgan fingerprint density at radius 3 is 2.52 bits per heavy atom. The van der Waals surface area contributed by atoms with Crippen molar-refractivity contribution in [3.05, 3.63) is 35.9 Å². The van der Waals surface area contributed by atoms with E-state index < -0.39 is 5.97 Å². The smallest absolute Gasteiger partial charge is 0.308 e. The van der Waals surface area contributed by atoms with E-state index in [1.165, 1.54) is 12.0 Å². The maximum Gasteiger partial charge on any atom is 0.308 e. The van der Waals surface area contributed by atoms with Crippen LogP contribution in [0.1, 0.15) is 32.3 Å². The van der Waals surface area contributed by atoms with E-state index in [-0.39, 0.29) is 24.4 Å². The molecule has 21 heavy (non-hydrogen) atoms. The molecule has 116 valence electrons. The molecule has 1 aromatic rings. The molecule has 3 saturated carbocycles. The Bertz CT molecular complexity index is 503. The van der Waals surface area contributed by atoms with Gasteiger partial charge >= 0.3 is 5.97 Å². The third kappa shape index (κ3) is 2.82. The minimum Gasteiger partial charge on any atom is -0.481 e. The first-order valence-electron chi connectivity index (χ1n) is 7.50. The first-order chi connectivity index (χ1) is 9.50. The highest BCUT2D eigenvalue weighted by molar-refractivity contribution is 5.85. The highest BCUT2D eigenvalue weighted by Crippen LogP contribution is 2.60. The second-order valence-electron chi connectivity index (χ2n) is 6.93. The summed E-state index contributed by atoms with van der Waals surface area (Å²) in [4.78, 5) is 11.5. The largest absolute Gasteiger partial charge is 0.481 e. The zero-order valence-corrected chi connectivity index (χ0v) is 13.4. The van der Waals surface area contributed by atoms with E-state index in [4.69, 9.17) is 0 Å². The molecule has 4 atom stereocenters. The standard InChI is InChI=1S/C17H23NO2.ClH/c1-17(2)12-8-13(16(19)20)15(14(17)9-12)18-10-11-6-4-3-5-7-11;/h3-7,12-15,18H,8-10H2,1-2H3,(H,19,20);1H/t12-,13+,14-,15-;/m0./s1. The van der Waals surface area contributed by atoms with Gasteiger partial charge in [0.1, 0.15) is 0 Å². The van der Waals surface area contributed by atoms with Crippen LogP contribution in [-0.2, 0) is 11.3 Å². The Morgan fingerprint density at radius 1 is 1.29 bits per heavy atom. The van der Waals surface area contributed by atoms with Gasteiger partial charge in [-0.15, -0.1) is 12.4 Å². The molecule has 0 amide bonds. The summed E-state index contributed by atoms with van der Waals surface area (Å²) in [6.45, 7) is 5.34. The second-order valence-corrected chi connectivity index (χ2v) is 6.93. The van der Waals surface area contributed by atoms with Crippen LogP contribution in [0.15, 0.2) is 30.3 Å². The van der Waals surface area contributed by atoms with Crippen LogP contribution in [0.2, 0.25) is 0 Å². The van der Waals surface area contributed by atoms with Crippen molar-refractivity contribution < 1.29 is 9.90 Å². The van der Waals surface area contributed by atoms with E-state index in [2.05, 4.69) is 31.3 Å². The number of halogens is 1. The zero-order valence-electron chi connectivity index (χ0n) is 12.6. The lowest BCUT2D eigenvalue weighted by Gasteiger charge is -2.62. The second kappa shape index (κ2) is 5.98. The van der Waals surface area contributed by atoms with E-state index in [9.17, 15) is 9.90 Å². The van der Waals surface area contributed by atoms with Gasteiger partial charge in [0.25, 0.3) is 0 Å². The van der Waals surface area contributed by atoms with Crippen molar-refractivity contribution in [2.75, 3.05) is 0 Å². The molecule has 0 aliphatic heterocycles. The van der Waals surface area contributed by atoms with Crippen molar-refractivity contribution in [2.24, 2.45) is 23.2 Å². The Labute approximate surface area is 132 Å². The van der Waals surface area contributed by atoms with Gasteiger partial charge < -0.3 is 10.4 Å². The minimum atomic E-state index is -0.638. The summed E-state index contributed by atoms with van der Waals surface area (Å²) in [5.41, 5.74) is 1.51. The van der Waals surface area contributed by atoms with E-state index >= 15 is 0 Å². The van der Waals surface area contributed by atoms with Gasteiger partial charge in [0, 0.05) is 12.6 Å². The number of nitrogens with one attached hydrogen (secondary N) is 1. The van der Waals surface area contributed by atoms with E-state index in [0.29, 0.717) is 17.3 Å². The summed E-state index contributed by atoms with van der Waals surface area (Å²) < 4.78 is 0. The number of carbonyl (C=O) groups is 1. The topological polar surface area (TPSA) is 49.3 Å². The van der Waals surface area contributed by atoms with Gasteiger partial charge in [-0.3, -0.25) is 4.79 Å². The number of rotatable bonds is 4. The molecule has 0 saturated heterocycles. The monoisotopic (exact) mass is 309 g/mol. The average molecular weight is 310 g/mol. The van der Waals surface area contributed by atoms with Crippen molar-refractivity contribution in [2.45, 2.75) is 39.3 Å². The normalized spacial score (nSPS) is 32.7. The molecule has 4 rings (SSSR count). The predicted molar refractivity (Wildman–Crippen MR) is 85.4 cm³/mol. The fourth-order valence-electron chi connectivity index (χ4n) is 4.17. The van der Waals surface area contributed by atoms with Crippen molar-refractivity contribution in [3.63, 3.8) is 0 Å². The molecule has 0 spiro atoms. The van der Waals surface area contributed by atoms with Crippen LogP contribution >= 0.6 is 12.4 Å². The molecule has 3 fully saturated rings. The summed E-state index contributed by atoms with van der Waals surface area (Å²) >= 11 is 0. The number of hydrogen-bond donors (Lipinski definition) is 2. The van der Waals surface area contributed by atoms with E-state index in [1.54, 1.807) is 0 Å². The van der Waals surface area contributed by atoms with Crippen LogP contribution in [0.25, 0.3) is 0 Å². The van der Waals surface area contributed by atoms with Crippen LogP contribution in [0, 0.1) is 23.2 Å². The number of aliphatic carboxylic acids is 1. The highest BCUT2D eigenvalue weighted by atomic mass is 35.5. The number of hydrogen-bond acceptors (Lipinski definition) is 2. The number of carboxylic acids is 1. The maximum absolute atomic E-state index is 11.5. The third-order valence-corrected chi connectivity index (χ3v) is 5.65. The summed E-state index contributed by atoms with van der Waals surface area (Å²) in [6, 6.07) is 10.3. The van der Waals surface area contributed by atoms with Crippen LogP contribution in [0.3, 0.4) is 0 Å². The van der Waals surface area contributed by atoms with Gasteiger partial charge in [0.15, 0.2) is 0 Å². The Kier molecular flexibility index (Phi) is 4.64. The van der Waals surface area contributed by atoms with Gasteiger partial charge in [0.2, 0.25) is 0 Å². The predicted octanol–water partition coefficient (Wildman–Crippen LogP) is 3.33. The van der Waals surface area contributed by atoms with Crippen LogP contribution < -0.4 is 5.32 Å². The molecule has 0 radical (unpaired) electrons.